The van der Waals surface area contributed by atoms with Crippen molar-refractivity contribution >= 4 is 46.4 Å². The number of nitrogens with two attached hydrogens (primary N) is 1. The Morgan fingerprint density at radius 3 is 2.27 bits per heavy atom. The highest BCUT2D eigenvalue weighted by molar-refractivity contribution is 6.40. The van der Waals surface area contributed by atoms with E-state index in [1.807, 2.05) is 42.5 Å². The molecule has 2 aromatic carbocycles. The lowest BCUT2D eigenvalue weighted by Crippen LogP contribution is -2.51. The van der Waals surface area contributed by atoms with Crippen molar-refractivity contribution in [2.45, 2.75) is 12.5 Å². The smallest absolute Gasteiger partial charge is 0.268 e. The first kappa shape index (κ1) is 22.6. The van der Waals surface area contributed by atoms with Gasteiger partial charge in [0.2, 0.25) is 11.8 Å². The number of primary amides is 1. The molecule has 2 heterocycles. The van der Waals surface area contributed by atoms with Gasteiger partial charge in [0.1, 0.15) is 11.8 Å². The van der Waals surface area contributed by atoms with Crippen molar-refractivity contribution in [1.29, 1.82) is 0 Å². The van der Waals surface area contributed by atoms with Gasteiger partial charge in [0.25, 0.3) is 5.91 Å². The van der Waals surface area contributed by atoms with Gasteiger partial charge in [0.05, 0.1) is 12.2 Å². The Hall–Kier alpha value is -3.59. The number of nitrogens with zero attached hydrogens (tertiary/aromatic N) is 4. The number of carbonyl (C=O) groups excluding carboxylic acids is 3. The maximum Gasteiger partial charge on any atom is 0.268 e. The number of anilines is 2. The molecule has 2 aliphatic heterocycles. The summed E-state index contributed by atoms with van der Waals surface area (Å²) >= 11 is 5.95. The summed E-state index contributed by atoms with van der Waals surface area (Å²) in [5.41, 5.74) is 7.41. The van der Waals surface area contributed by atoms with Crippen LogP contribution in [0, 0.1) is 0 Å². The van der Waals surface area contributed by atoms with Gasteiger partial charge >= 0.3 is 0 Å². The van der Waals surface area contributed by atoms with Crippen molar-refractivity contribution in [3.63, 3.8) is 0 Å². The number of carbonyl (C=O) groups is 3. The zero-order chi connectivity index (χ0) is 23.4. The molecule has 1 saturated heterocycles. The van der Waals surface area contributed by atoms with Gasteiger partial charge in [0.15, 0.2) is 0 Å². The summed E-state index contributed by atoms with van der Waals surface area (Å²) in [4.78, 5) is 41.0. The number of amides is 3. The molecule has 0 radical (unpaired) electrons. The molecule has 2 aliphatic rings. The Morgan fingerprint density at radius 2 is 1.64 bits per heavy atom. The maximum atomic E-state index is 12.6. The Bertz CT molecular complexity index is 1050. The molecule has 1 fully saturated rings. The SMILES string of the molecule is NC(=O)C1CC(C(=O)NCC(=O)N2CCN(c3ccc(Cl)cc3)CC2)=NN1c1ccccc1. The Kier molecular flexibility index (Phi) is 6.79. The summed E-state index contributed by atoms with van der Waals surface area (Å²) in [5, 5.41) is 9.07. The van der Waals surface area contributed by atoms with Crippen LogP contribution in [-0.4, -0.2) is 67.1 Å². The standard InChI is InChI=1S/C23H25ClN6O3/c24-16-6-8-17(9-7-16)28-10-12-29(13-11-28)21(31)15-26-23(33)19-14-20(22(25)32)30(27-19)18-4-2-1-3-5-18/h1-9,20H,10-15H2,(H2,25,32)(H,26,33). The molecular formula is C23H25ClN6O3. The van der Waals surface area contributed by atoms with E-state index in [1.54, 1.807) is 17.0 Å². The van der Waals surface area contributed by atoms with Crippen LogP contribution < -0.4 is 21.0 Å². The Labute approximate surface area is 196 Å². The third-order valence-electron chi connectivity index (χ3n) is 5.75. The van der Waals surface area contributed by atoms with Gasteiger partial charge in [-0.15, -0.1) is 0 Å². The topological polar surface area (TPSA) is 111 Å². The number of piperazine rings is 1. The summed E-state index contributed by atoms with van der Waals surface area (Å²) < 4.78 is 0. The second kappa shape index (κ2) is 9.91. The van der Waals surface area contributed by atoms with Crippen LogP contribution >= 0.6 is 11.6 Å². The van der Waals surface area contributed by atoms with E-state index in [9.17, 15) is 14.4 Å². The van der Waals surface area contributed by atoms with Crippen molar-refractivity contribution in [2.75, 3.05) is 42.6 Å². The van der Waals surface area contributed by atoms with Crippen molar-refractivity contribution in [3.8, 4) is 0 Å². The molecule has 0 spiro atoms. The predicted molar refractivity (Wildman–Crippen MR) is 127 cm³/mol. The highest BCUT2D eigenvalue weighted by atomic mass is 35.5. The lowest BCUT2D eigenvalue weighted by atomic mass is 10.1. The average molecular weight is 469 g/mol. The molecule has 0 aliphatic carbocycles. The van der Waals surface area contributed by atoms with E-state index in [4.69, 9.17) is 17.3 Å². The van der Waals surface area contributed by atoms with Crippen LogP contribution in [0.1, 0.15) is 6.42 Å². The van der Waals surface area contributed by atoms with Gasteiger partial charge in [0, 0.05) is 43.3 Å². The monoisotopic (exact) mass is 468 g/mol. The molecule has 3 N–H and O–H groups in total. The molecule has 0 aromatic heterocycles. The number of rotatable bonds is 6. The fourth-order valence-electron chi connectivity index (χ4n) is 3.92. The molecule has 1 atom stereocenters. The lowest BCUT2D eigenvalue weighted by molar-refractivity contribution is -0.132. The van der Waals surface area contributed by atoms with E-state index >= 15 is 0 Å². The first-order chi connectivity index (χ1) is 15.9. The molecule has 172 valence electrons. The number of hydrazone groups is 1. The first-order valence-corrected chi connectivity index (χ1v) is 11.1. The quantitative estimate of drug-likeness (QED) is 0.662. The molecule has 9 nitrogen and oxygen atoms in total. The summed E-state index contributed by atoms with van der Waals surface area (Å²) in [6.07, 6.45) is 0.0873. The molecule has 1 unspecified atom stereocenters. The number of para-hydroxylation sites is 1. The number of benzene rings is 2. The van der Waals surface area contributed by atoms with Gasteiger partial charge in [-0.3, -0.25) is 19.4 Å². The Morgan fingerprint density at radius 1 is 0.970 bits per heavy atom. The normalized spacial score (nSPS) is 18.2. The molecule has 3 amide bonds. The van der Waals surface area contributed by atoms with Crippen LogP contribution in [0.4, 0.5) is 11.4 Å². The van der Waals surface area contributed by atoms with E-state index in [-0.39, 0.29) is 24.6 Å². The molecule has 33 heavy (non-hydrogen) atoms. The molecule has 2 aromatic rings. The van der Waals surface area contributed by atoms with E-state index in [2.05, 4.69) is 15.3 Å². The zero-order valence-electron chi connectivity index (χ0n) is 18.0. The minimum atomic E-state index is -0.746. The first-order valence-electron chi connectivity index (χ1n) is 10.7. The molecular weight excluding hydrogens is 444 g/mol. The fourth-order valence-corrected chi connectivity index (χ4v) is 4.05. The fraction of sp³-hybridized carbons (Fsp3) is 0.304. The summed E-state index contributed by atoms with van der Waals surface area (Å²) in [6, 6.07) is 15.9. The van der Waals surface area contributed by atoms with Crippen molar-refractivity contribution in [1.82, 2.24) is 10.2 Å². The highest BCUT2D eigenvalue weighted by Gasteiger charge is 2.35. The minimum absolute atomic E-state index is 0.0873. The van der Waals surface area contributed by atoms with Crippen molar-refractivity contribution in [3.05, 3.63) is 59.6 Å². The van der Waals surface area contributed by atoms with Crippen LogP contribution in [-0.2, 0) is 14.4 Å². The van der Waals surface area contributed by atoms with Crippen LogP contribution in [0.3, 0.4) is 0 Å². The second-order valence-electron chi connectivity index (χ2n) is 7.88. The van der Waals surface area contributed by atoms with Crippen LogP contribution in [0.5, 0.6) is 0 Å². The summed E-state index contributed by atoms with van der Waals surface area (Å²) in [5.74, 6) is -1.21. The van der Waals surface area contributed by atoms with Gasteiger partial charge in [-0.1, -0.05) is 29.8 Å². The zero-order valence-corrected chi connectivity index (χ0v) is 18.7. The van der Waals surface area contributed by atoms with Crippen LogP contribution in [0.15, 0.2) is 59.7 Å². The van der Waals surface area contributed by atoms with Crippen molar-refractivity contribution in [2.24, 2.45) is 10.8 Å². The summed E-state index contributed by atoms with van der Waals surface area (Å²) in [7, 11) is 0. The number of nitrogens with one attached hydrogen (secondary N) is 1. The van der Waals surface area contributed by atoms with E-state index in [1.165, 1.54) is 5.01 Å². The van der Waals surface area contributed by atoms with Crippen LogP contribution in [0.25, 0.3) is 0 Å². The third-order valence-corrected chi connectivity index (χ3v) is 6.00. The molecule has 0 bridgehead atoms. The Balaban J connectivity index is 1.30. The van der Waals surface area contributed by atoms with Gasteiger partial charge in [-0.05, 0) is 36.4 Å². The third kappa shape index (κ3) is 5.25. The van der Waals surface area contributed by atoms with E-state index in [0.717, 1.165) is 5.69 Å². The average Bonchev–Trinajstić information content (AvgIpc) is 3.30. The lowest BCUT2D eigenvalue weighted by Gasteiger charge is -2.36. The van der Waals surface area contributed by atoms with Crippen molar-refractivity contribution < 1.29 is 14.4 Å². The van der Waals surface area contributed by atoms with Crippen LogP contribution in [0.2, 0.25) is 5.02 Å². The van der Waals surface area contributed by atoms with Gasteiger partial charge < -0.3 is 20.9 Å². The molecule has 10 heteroatoms. The van der Waals surface area contributed by atoms with Gasteiger partial charge in [-0.2, -0.15) is 5.10 Å². The predicted octanol–water partition coefficient (Wildman–Crippen LogP) is 1.23. The van der Waals surface area contributed by atoms with Gasteiger partial charge in [-0.25, -0.2) is 0 Å². The maximum absolute atomic E-state index is 12.6. The van der Waals surface area contributed by atoms with E-state index < -0.39 is 17.9 Å². The number of hydrogen-bond donors (Lipinski definition) is 2. The largest absolute Gasteiger partial charge is 0.368 e. The highest BCUT2D eigenvalue weighted by Crippen LogP contribution is 2.24. The van der Waals surface area contributed by atoms with E-state index in [0.29, 0.717) is 36.9 Å². The summed E-state index contributed by atoms with van der Waals surface area (Å²) in [6.45, 7) is 2.37. The molecule has 0 saturated carbocycles. The second-order valence-corrected chi connectivity index (χ2v) is 8.31. The number of hydrogen-bond acceptors (Lipinski definition) is 6. The number of halogens is 1. The minimum Gasteiger partial charge on any atom is -0.368 e. The molecule has 4 rings (SSSR count).